The van der Waals surface area contributed by atoms with Crippen molar-refractivity contribution in [2.24, 2.45) is 0 Å². The fraction of sp³-hybridized carbons (Fsp3) is 0.200. The number of nitrogens with zero attached hydrogens (tertiary/aromatic N) is 3. The fourth-order valence-electron chi connectivity index (χ4n) is 4.15. The van der Waals surface area contributed by atoms with Gasteiger partial charge in [-0.25, -0.2) is 9.97 Å². The molecule has 0 amide bonds. The molecule has 1 aliphatic rings. The molecule has 2 N–H and O–H groups in total. The van der Waals surface area contributed by atoms with E-state index in [0.717, 1.165) is 60.1 Å². The third-order valence-electron chi connectivity index (χ3n) is 5.88. The molecule has 0 bridgehead atoms. The molecule has 5 aromatic rings. The predicted octanol–water partition coefficient (Wildman–Crippen LogP) is 5.42. The molecule has 0 saturated carbocycles. The Balaban J connectivity index is 1.25. The first-order chi connectivity index (χ1) is 15.8. The third-order valence-corrected chi connectivity index (χ3v) is 7.06. The van der Waals surface area contributed by atoms with Crippen LogP contribution in [0, 0.1) is 0 Å². The molecule has 0 aliphatic carbocycles. The maximum absolute atomic E-state index is 5.45. The van der Waals surface area contributed by atoms with Crippen LogP contribution in [0.25, 0.3) is 31.6 Å². The largest absolute Gasteiger partial charge is 0.379 e. The summed E-state index contributed by atoms with van der Waals surface area (Å²) < 4.78 is 6.51. The molecule has 0 atom stereocenters. The average Bonchev–Trinajstić information content (AvgIpc) is 3.47. The van der Waals surface area contributed by atoms with Gasteiger partial charge in [0.15, 0.2) is 5.82 Å². The van der Waals surface area contributed by atoms with Gasteiger partial charge in [0.05, 0.1) is 23.4 Å². The lowest BCUT2D eigenvalue weighted by Gasteiger charge is -2.26. The molecule has 0 spiro atoms. The highest BCUT2D eigenvalue weighted by molar-refractivity contribution is 7.22. The molecule has 1 saturated heterocycles. The van der Waals surface area contributed by atoms with Gasteiger partial charge in [-0.15, -0.1) is 11.3 Å². The number of aromatic amines is 1. The Labute approximate surface area is 189 Å². The molecular weight excluding hydrogens is 418 g/mol. The summed E-state index contributed by atoms with van der Waals surface area (Å²) in [6, 6.07) is 19.4. The molecule has 3 aromatic heterocycles. The summed E-state index contributed by atoms with van der Waals surface area (Å²) in [6.45, 7) is 4.64. The van der Waals surface area contributed by atoms with E-state index in [-0.39, 0.29) is 0 Å². The second-order valence-electron chi connectivity index (χ2n) is 8.04. The Hall–Kier alpha value is -3.26. The number of rotatable bonds is 5. The van der Waals surface area contributed by atoms with Gasteiger partial charge >= 0.3 is 0 Å². The van der Waals surface area contributed by atoms with Crippen LogP contribution in [0.15, 0.2) is 67.1 Å². The molecule has 0 radical (unpaired) electrons. The number of thiophene rings is 1. The Morgan fingerprint density at radius 2 is 1.88 bits per heavy atom. The van der Waals surface area contributed by atoms with Crippen LogP contribution in [0.2, 0.25) is 0 Å². The van der Waals surface area contributed by atoms with Gasteiger partial charge in [-0.05, 0) is 41.5 Å². The van der Waals surface area contributed by atoms with E-state index in [4.69, 9.17) is 4.74 Å². The summed E-state index contributed by atoms with van der Waals surface area (Å²) in [6.07, 6.45) is 3.58. The average molecular weight is 442 g/mol. The van der Waals surface area contributed by atoms with Crippen molar-refractivity contribution in [2.75, 3.05) is 31.6 Å². The van der Waals surface area contributed by atoms with Gasteiger partial charge in [0.25, 0.3) is 0 Å². The molecule has 32 heavy (non-hydrogen) atoms. The van der Waals surface area contributed by atoms with Gasteiger partial charge in [-0.2, -0.15) is 0 Å². The topological polar surface area (TPSA) is 66.1 Å². The second kappa shape index (κ2) is 8.35. The summed E-state index contributed by atoms with van der Waals surface area (Å²) in [5, 5.41) is 4.65. The first-order valence-electron chi connectivity index (χ1n) is 10.8. The Bertz CT molecular complexity index is 1370. The number of H-pyrrole nitrogens is 1. The van der Waals surface area contributed by atoms with Gasteiger partial charge in [-0.1, -0.05) is 24.3 Å². The number of morpholine rings is 1. The Morgan fingerprint density at radius 3 is 2.75 bits per heavy atom. The monoisotopic (exact) mass is 441 g/mol. The van der Waals surface area contributed by atoms with Crippen LogP contribution in [0.3, 0.4) is 0 Å². The minimum Gasteiger partial charge on any atom is -0.379 e. The van der Waals surface area contributed by atoms with Crippen LogP contribution >= 0.6 is 11.3 Å². The lowest BCUT2D eigenvalue weighted by molar-refractivity contribution is 0.0342. The molecule has 1 aliphatic heterocycles. The SMILES string of the molecule is c1nc(Nc2ccc3[nH]ccc3c2)c2sc(-c3ccc(CN4CCOCC4)cc3)cc2n1. The third kappa shape index (κ3) is 3.86. The molecule has 2 aromatic carbocycles. The number of aromatic nitrogens is 3. The minimum absolute atomic E-state index is 0.830. The molecule has 7 heteroatoms. The molecule has 0 unspecified atom stereocenters. The van der Waals surface area contributed by atoms with E-state index in [2.05, 4.69) is 79.8 Å². The zero-order valence-corrected chi connectivity index (χ0v) is 18.4. The highest BCUT2D eigenvalue weighted by Crippen LogP contribution is 2.36. The van der Waals surface area contributed by atoms with E-state index in [1.54, 1.807) is 17.7 Å². The van der Waals surface area contributed by atoms with Crippen LogP contribution in [0.1, 0.15) is 5.56 Å². The maximum Gasteiger partial charge on any atom is 0.151 e. The lowest BCUT2D eigenvalue weighted by atomic mass is 10.1. The molecule has 160 valence electrons. The highest BCUT2D eigenvalue weighted by atomic mass is 32.1. The van der Waals surface area contributed by atoms with E-state index >= 15 is 0 Å². The summed E-state index contributed by atoms with van der Waals surface area (Å²) in [7, 11) is 0. The summed E-state index contributed by atoms with van der Waals surface area (Å²) >= 11 is 1.72. The molecule has 1 fully saturated rings. The van der Waals surface area contributed by atoms with Crippen LogP contribution < -0.4 is 5.32 Å². The lowest BCUT2D eigenvalue weighted by Crippen LogP contribution is -2.35. The summed E-state index contributed by atoms with van der Waals surface area (Å²) in [5.74, 6) is 0.838. The standard InChI is InChI=1S/C25H23N5OS/c1-3-18(4-2-17(1)15-30-9-11-31-12-10-30)23-14-22-24(32-23)25(28-16-27-22)29-20-5-6-21-19(13-20)7-8-26-21/h1-8,13-14,16,26H,9-12,15H2,(H,27,28,29). The van der Waals surface area contributed by atoms with Crippen LogP contribution in [0.5, 0.6) is 0 Å². The number of ether oxygens (including phenoxy) is 1. The van der Waals surface area contributed by atoms with Crippen molar-refractivity contribution in [3.63, 3.8) is 0 Å². The van der Waals surface area contributed by atoms with E-state index < -0.39 is 0 Å². The summed E-state index contributed by atoms with van der Waals surface area (Å²) in [4.78, 5) is 15.9. The first kappa shape index (κ1) is 19.4. The van der Waals surface area contributed by atoms with Gasteiger partial charge < -0.3 is 15.0 Å². The maximum atomic E-state index is 5.45. The van der Waals surface area contributed by atoms with Crippen molar-refractivity contribution in [1.29, 1.82) is 0 Å². The zero-order chi connectivity index (χ0) is 21.3. The zero-order valence-electron chi connectivity index (χ0n) is 17.5. The quantitative estimate of drug-likeness (QED) is 0.381. The van der Waals surface area contributed by atoms with E-state index in [1.807, 2.05) is 6.20 Å². The molecule has 6 rings (SSSR count). The fourth-order valence-corrected chi connectivity index (χ4v) is 5.21. The second-order valence-corrected chi connectivity index (χ2v) is 9.09. The van der Waals surface area contributed by atoms with E-state index in [1.165, 1.54) is 21.4 Å². The predicted molar refractivity (Wildman–Crippen MR) is 131 cm³/mol. The van der Waals surface area contributed by atoms with Crippen molar-refractivity contribution in [1.82, 2.24) is 19.9 Å². The van der Waals surface area contributed by atoms with Crippen molar-refractivity contribution >= 4 is 44.0 Å². The first-order valence-corrected chi connectivity index (χ1v) is 11.6. The van der Waals surface area contributed by atoms with Crippen molar-refractivity contribution in [3.8, 4) is 10.4 Å². The van der Waals surface area contributed by atoms with Crippen LogP contribution in [0.4, 0.5) is 11.5 Å². The smallest absolute Gasteiger partial charge is 0.151 e. The van der Waals surface area contributed by atoms with Crippen molar-refractivity contribution < 1.29 is 4.74 Å². The molecule has 4 heterocycles. The Kier molecular flexibility index (Phi) is 5.07. The van der Waals surface area contributed by atoms with Crippen molar-refractivity contribution in [3.05, 3.63) is 72.7 Å². The Morgan fingerprint density at radius 1 is 1.00 bits per heavy atom. The number of hydrogen-bond acceptors (Lipinski definition) is 6. The van der Waals surface area contributed by atoms with Gasteiger partial charge in [-0.3, -0.25) is 4.90 Å². The van der Waals surface area contributed by atoms with E-state index in [9.17, 15) is 0 Å². The van der Waals surface area contributed by atoms with E-state index in [0.29, 0.717) is 0 Å². The number of benzene rings is 2. The minimum atomic E-state index is 0.830. The van der Waals surface area contributed by atoms with Gasteiger partial charge in [0.1, 0.15) is 6.33 Å². The summed E-state index contributed by atoms with van der Waals surface area (Å²) in [5.41, 5.74) is 5.64. The normalized spacial score (nSPS) is 14.9. The molecular formula is C25H23N5OS. The number of anilines is 2. The molecule has 6 nitrogen and oxygen atoms in total. The van der Waals surface area contributed by atoms with Crippen molar-refractivity contribution in [2.45, 2.75) is 6.54 Å². The highest BCUT2D eigenvalue weighted by Gasteiger charge is 2.13. The van der Waals surface area contributed by atoms with Gasteiger partial charge in [0, 0.05) is 47.3 Å². The van der Waals surface area contributed by atoms with Crippen LogP contribution in [-0.2, 0) is 11.3 Å². The van der Waals surface area contributed by atoms with Gasteiger partial charge in [0.2, 0.25) is 0 Å². The number of fused-ring (bicyclic) bond motifs is 2. The number of hydrogen-bond donors (Lipinski definition) is 2. The van der Waals surface area contributed by atoms with Crippen LogP contribution in [-0.4, -0.2) is 46.2 Å². The number of nitrogens with one attached hydrogen (secondary N) is 2.